The van der Waals surface area contributed by atoms with E-state index in [9.17, 15) is 14.4 Å². The maximum absolute atomic E-state index is 13.1. The number of fused-ring (bicyclic) bond motifs is 1. The molecule has 150 valence electrons. The second kappa shape index (κ2) is 7.44. The number of aryl methyl sites for hydroxylation is 3. The molecule has 0 saturated carbocycles. The Bertz CT molecular complexity index is 999. The van der Waals surface area contributed by atoms with Crippen LogP contribution in [0, 0.1) is 20.8 Å². The Labute approximate surface area is 169 Å². The van der Waals surface area contributed by atoms with E-state index in [1.807, 2.05) is 32.9 Å². The Morgan fingerprint density at radius 2 is 1.76 bits per heavy atom. The summed E-state index contributed by atoms with van der Waals surface area (Å²) in [7, 11) is 0. The molecule has 2 aromatic carbocycles. The first kappa shape index (κ1) is 19.3. The molecular weight excluding hydrogens is 368 g/mol. The van der Waals surface area contributed by atoms with Gasteiger partial charge >= 0.3 is 0 Å². The van der Waals surface area contributed by atoms with E-state index < -0.39 is 5.91 Å². The van der Waals surface area contributed by atoms with Gasteiger partial charge < -0.3 is 10.1 Å². The second-order valence-electron chi connectivity index (χ2n) is 7.80. The number of ether oxygens (including phenoxy) is 1. The zero-order chi connectivity index (χ0) is 20.7. The highest BCUT2D eigenvalue weighted by Gasteiger charge is 2.38. The molecule has 2 aliphatic rings. The molecule has 1 N–H and O–H groups in total. The largest absolute Gasteiger partial charge is 0.376 e. The second-order valence-corrected chi connectivity index (χ2v) is 7.80. The van der Waals surface area contributed by atoms with Crippen LogP contribution < -0.4 is 10.2 Å². The average molecular weight is 392 g/mol. The lowest BCUT2D eigenvalue weighted by Crippen LogP contribution is -2.32. The van der Waals surface area contributed by atoms with Gasteiger partial charge in [-0.2, -0.15) is 0 Å². The highest BCUT2D eigenvalue weighted by Crippen LogP contribution is 2.34. The van der Waals surface area contributed by atoms with Gasteiger partial charge in [0.15, 0.2) is 0 Å². The maximum atomic E-state index is 13.1. The molecule has 0 spiro atoms. The molecule has 2 heterocycles. The molecule has 1 saturated heterocycles. The van der Waals surface area contributed by atoms with Gasteiger partial charge in [0.2, 0.25) is 0 Å². The van der Waals surface area contributed by atoms with Crippen LogP contribution in [0.15, 0.2) is 30.3 Å². The summed E-state index contributed by atoms with van der Waals surface area (Å²) >= 11 is 0. The van der Waals surface area contributed by atoms with Crippen molar-refractivity contribution in [1.29, 1.82) is 0 Å². The molecule has 1 atom stereocenters. The molecule has 29 heavy (non-hydrogen) atoms. The standard InChI is InChI=1S/C23H24N2O4/c1-13-9-14(2)20(15(3)10-13)25-22(27)18-7-6-16(11-19(18)23(25)28)21(26)24-12-17-5-4-8-29-17/h6-7,9-11,17H,4-5,8,12H2,1-3H3,(H,24,26). The van der Waals surface area contributed by atoms with Gasteiger partial charge in [-0.1, -0.05) is 17.7 Å². The van der Waals surface area contributed by atoms with Crippen LogP contribution in [0.25, 0.3) is 0 Å². The Kier molecular flexibility index (Phi) is 4.96. The third-order valence-electron chi connectivity index (χ3n) is 5.52. The summed E-state index contributed by atoms with van der Waals surface area (Å²) in [6.45, 7) is 6.93. The topological polar surface area (TPSA) is 75.7 Å². The third-order valence-corrected chi connectivity index (χ3v) is 5.52. The summed E-state index contributed by atoms with van der Waals surface area (Å²) in [4.78, 5) is 39.8. The van der Waals surface area contributed by atoms with Crippen molar-refractivity contribution in [2.75, 3.05) is 18.1 Å². The number of carbonyl (C=O) groups is 3. The Morgan fingerprint density at radius 1 is 1.07 bits per heavy atom. The van der Waals surface area contributed by atoms with Crippen LogP contribution in [0.5, 0.6) is 0 Å². The zero-order valence-corrected chi connectivity index (χ0v) is 16.9. The summed E-state index contributed by atoms with van der Waals surface area (Å²) in [5.74, 6) is -1.02. The Morgan fingerprint density at radius 3 is 2.41 bits per heavy atom. The van der Waals surface area contributed by atoms with Crippen LogP contribution in [0.1, 0.15) is 60.6 Å². The first-order valence-electron chi connectivity index (χ1n) is 9.87. The summed E-state index contributed by atoms with van der Waals surface area (Å²) in [5.41, 5.74) is 4.38. The van der Waals surface area contributed by atoms with Gasteiger partial charge in [-0.25, -0.2) is 4.90 Å². The molecule has 6 nitrogen and oxygen atoms in total. The predicted molar refractivity (Wildman–Crippen MR) is 110 cm³/mol. The lowest BCUT2D eigenvalue weighted by Gasteiger charge is -2.20. The van der Waals surface area contributed by atoms with E-state index in [1.165, 1.54) is 11.0 Å². The lowest BCUT2D eigenvalue weighted by atomic mass is 10.0. The monoisotopic (exact) mass is 392 g/mol. The molecule has 2 aliphatic heterocycles. The van der Waals surface area contributed by atoms with Crippen molar-refractivity contribution in [1.82, 2.24) is 5.32 Å². The summed E-state index contributed by atoms with van der Waals surface area (Å²) in [6, 6.07) is 8.58. The van der Waals surface area contributed by atoms with Crippen molar-refractivity contribution < 1.29 is 19.1 Å². The van der Waals surface area contributed by atoms with Crippen molar-refractivity contribution in [3.05, 3.63) is 63.7 Å². The molecule has 6 heteroatoms. The van der Waals surface area contributed by atoms with E-state index in [2.05, 4.69) is 5.32 Å². The molecule has 0 aromatic heterocycles. The Hall–Kier alpha value is -2.99. The minimum Gasteiger partial charge on any atom is -0.376 e. The molecule has 2 aromatic rings. The molecule has 1 fully saturated rings. The fraction of sp³-hybridized carbons (Fsp3) is 0.348. The molecule has 0 radical (unpaired) electrons. The smallest absolute Gasteiger partial charge is 0.266 e. The number of hydrogen-bond acceptors (Lipinski definition) is 4. The number of benzene rings is 2. The molecule has 1 unspecified atom stereocenters. The summed E-state index contributed by atoms with van der Waals surface area (Å²) in [6.07, 6.45) is 1.98. The van der Waals surface area contributed by atoms with Crippen molar-refractivity contribution >= 4 is 23.4 Å². The van der Waals surface area contributed by atoms with Crippen LogP contribution in [0.3, 0.4) is 0 Å². The van der Waals surface area contributed by atoms with E-state index in [4.69, 9.17) is 4.74 Å². The number of amides is 3. The molecule has 3 amide bonds. The summed E-state index contributed by atoms with van der Waals surface area (Å²) in [5, 5.41) is 2.85. The van der Waals surface area contributed by atoms with Crippen LogP contribution >= 0.6 is 0 Å². The molecular formula is C23H24N2O4. The normalized spacial score (nSPS) is 18.3. The van der Waals surface area contributed by atoms with Crippen molar-refractivity contribution in [3.8, 4) is 0 Å². The van der Waals surface area contributed by atoms with E-state index in [0.717, 1.165) is 36.1 Å². The fourth-order valence-corrected chi connectivity index (χ4v) is 4.22. The maximum Gasteiger partial charge on any atom is 0.266 e. The fourth-order valence-electron chi connectivity index (χ4n) is 4.22. The van der Waals surface area contributed by atoms with Crippen LogP contribution in [0.4, 0.5) is 5.69 Å². The number of anilines is 1. The number of hydrogen-bond donors (Lipinski definition) is 1. The summed E-state index contributed by atoms with van der Waals surface area (Å²) < 4.78 is 5.52. The number of imide groups is 1. The van der Waals surface area contributed by atoms with Gasteiger partial charge in [-0.3, -0.25) is 14.4 Å². The van der Waals surface area contributed by atoms with Crippen LogP contribution in [-0.2, 0) is 4.74 Å². The lowest BCUT2D eigenvalue weighted by molar-refractivity contribution is 0.0857. The number of nitrogens with zero attached hydrogens (tertiary/aromatic N) is 1. The highest BCUT2D eigenvalue weighted by molar-refractivity contribution is 6.35. The first-order valence-corrected chi connectivity index (χ1v) is 9.87. The SMILES string of the molecule is Cc1cc(C)c(N2C(=O)c3ccc(C(=O)NCC4CCCO4)cc3C2=O)c(C)c1. The van der Waals surface area contributed by atoms with Gasteiger partial charge in [0, 0.05) is 18.7 Å². The highest BCUT2D eigenvalue weighted by atomic mass is 16.5. The van der Waals surface area contributed by atoms with Gasteiger partial charge in [0.1, 0.15) is 0 Å². The minimum atomic E-state index is -0.395. The van der Waals surface area contributed by atoms with Crippen molar-refractivity contribution in [2.24, 2.45) is 0 Å². The third kappa shape index (κ3) is 3.44. The van der Waals surface area contributed by atoms with E-state index in [-0.39, 0.29) is 23.5 Å². The molecule has 0 aliphatic carbocycles. The number of nitrogens with one attached hydrogen (secondary N) is 1. The van der Waals surface area contributed by atoms with Crippen molar-refractivity contribution in [2.45, 2.75) is 39.7 Å². The van der Waals surface area contributed by atoms with Gasteiger partial charge in [-0.15, -0.1) is 0 Å². The van der Waals surface area contributed by atoms with E-state index >= 15 is 0 Å². The zero-order valence-electron chi connectivity index (χ0n) is 16.9. The first-order chi connectivity index (χ1) is 13.9. The van der Waals surface area contributed by atoms with Gasteiger partial charge in [-0.05, 0) is 62.9 Å². The Balaban J connectivity index is 1.60. The van der Waals surface area contributed by atoms with Crippen LogP contribution in [0.2, 0.25) is 0 Å². The van der Waals surface area contributed by atoms with E-state index in [1.54, 1.807) is 12.1 Å². The van der Waals surface area contributed by atoms with Crippen molar-refractivity contribution in [3.63, 3.8) is 0 Å². The quantitative estimate of drug-likeness (QED) is 0.810. The molecule has 4 rings (SSSR count). The predicted octanol–water partition coefficient (Wildman–Crippen LogP) is 3.32. The number of rotatable bonds is 4. The van der Waals surface area contributed by atoms with Crippen LogP contribution in [-0.4, -0.2) is 37.0 Å². The number of carbonyl (C=O) groups excluding carboxylic acids is 3. The van der Waals surface area contributed by atoms with Gasteiger partial charge in [0.25, 0.3) is 17.7 Å². The van der Waals surface area contributed by atoms with E-state index in [0.29, 0.717) is 23.4 Å². The van der Waals surface area contributed by atoms with Gasteiger partial charge in [0.05, 0.1) is 22.9 Å². The minimum absolute atomic E-state index is 0.0413. The average Bonchev–Trinajstić information content (AvgIpc) is 3.28. The molecule has 0 bridgehead atoms.